The molecule has 3 rings (SSSR count). The Morgan fingerprint density at radius 2 is 1.90 bits per heavy atom. The SMILES string of the molecule is CCC(c1ccccc1)C1N=C(c2ccncc2)NO1. The molecule has 20 heavy (non-hydrogen) atoms. The summed E-state index contributed by atoms with van der Waals surface area (Å²) in [5.74, 6) is 1.02. The van der Waals surface area contributed by atoms with E-state index in [9.17, 15) is 0 Å². The van der Waals surface area contributed by atoms with Gasteiger partial charge in [-0.15, -0.1) is 0 Å². The van der Waals surface area contributed by atoms with E-state index in [0.717, 1.165) is 17.8 Å². The van der Waals surface area contributed by atoms with Crippen LogP contribution in [-0.4, -0.2) is 17.0 Å². The molecule has 0 aliphatic carbocycles. The summed E-state index contributed by atoms with van der Waals surface area (Å²) in [6.07, 6.45) is 4.29. The molecule has 4 nitrogen and oxygen atoms in total. The lowest BCUT2D eigenvalue weighted by Crippen LogP contribution is -2.22. The van der Waals surface area contributed by atoms with Crippen LogP contribution in [0.1, 0.15) is 30.4 Å². The molecule has 1 aromatic carbocycles. The van der Waals surface area contributed by atoms with Gasteiger partial charge in [-0.2, -0.15) is 0 Å². The monoisotopic (exact) mass is 267 g/mol. The van der Waals surface area contributed by atoms with Gasteiger partial charge in [0.25, 0.3) is 0 Å². The first-order chi connectivity index (χ1) is 9.88. The number of rotatable bonds is 4. The Bertz CT molecular complexity index is 583. The van der Waals surface area contributed by atoms with E-state index < -0.39 is 0 Å². The summed E-state index contributed by atoms with van der Waals surface area (Å²) in [7, 11) is 0. The van der Waals surface area contributed by atoms with Crippen molar-refractivity contribution in [1.82, 2.24) is 10.5 Å². The Labute approximate surface area is 118 Å². The number of nitrogens with zero attached hydrogens (tertiary/aromatic N) is 2. The van der Waals surface area contributed by atoms with E-state index in [2.05, 4.69) is 34.5 Å². The molecule has 102 valence electrons. The predicted octanol–water partition coefficient (Wildman–Crippen LogP) is 2.88. The first-order valence-electron chi connectivity index (χ1n) is 6.83. The van der Waals surface area contributed by atoms with Crippen molar-refractivity contribution in [2.75, 3.05) is 0 Å². The van der Waals surface area contributed by atoms with Crippen LogP contribution in [0.2, 0.25) is 0 Å². The highest BCUT2D eigenvalue weighted by Gasteiger charge is 2.27. The molecule has 2 unspecified atom stereocenters. The van der Waals surface area contributed by atoms with Crippen LogP contribution in [0.5, 0.6) is 0 Å². The van der Waals surface area contributed by atoms with Crippen LogP contribution in [0.25, 0.3) is 0 Å². The van der Waals surface area contributed by atoms with Gasteiger partial charge in [0.1, 0.15) is 0 Å². The normalized spacial score (nSPS) is 19.2. The fraction of sp³-hybridized carbons (Fsp3) is 0.250. The summed E-state index contributed by atoms with van der Waals surface area (Å²) in [4.78, 5) is 14.3. The molecule has 1 aliphatic heterocycles. The van der Waals surface area contributed by atoms with Crippen molar-refractivity contribution in [3.63, 3.8) is 0 Å². The zero-order chi connectivity index (χ0) is 13.8. The van der Waals surface area contributed by atoms with Crippen molar-refractivity contribution < 1.29 is 4.84 Å². The second kappa shape index (κ2) is 5.84. The van der Waals surface area contributed by atoms with E-state index in [0.29, 0.717) is 0 Å². The number of hydrogen-bond donors (Lipinski definition) is 1. The maximum absolute atomic E-state index is 5.65. The minimum Gasteiger partial charge on any atom is -0.265 e. The Morgan fingerprint density at radius 3 is 2.60 bits per heavy atom. The second-order valence-electron chi connectivity index (χ2n) is 4.75. The Morgan fingerprint density at radius 1 is 1.15 bits per heavy atom. The van der Waals surface area contributed by atoms with E-state index >= 15 is 0 Å². The molecule has 1 aromatic heterocycles. The predicted molar refractivity (Wildman–Crippen MR) is 78.3 cm³/mol. The molecule has 0 radical (unpaired) electrons. The van der Waals surface area contributed by atoms with Crippen molar-refractivity contribution in [2.24, 2.45) is 4.99 Å². The molecule has 2 atom stereocenters. The lowest BCUT2D eigenvalue weighted by atomic mass is 9.95. The number of amidine groups is 1. The van der Waals surface area contributed by atoms with E-state index in [1.54, 1.807) is 12.4 Å². The lowest BCUT2D eigenvalue weighted by Gasteiger charge is -2.18. The molecule has 0 saturated heterocycles. The highest BCUT2D eigenvalue weighted by Crippen LogP contribution is 2.28. The average Bonchev–Trinajstić information content (AvgIpc) is 3.00. The smallest absolute Gasteiger partial charge is 0.184 e. The minimum absolute atomic E-state index is 0.189. The summed E-state index contributed by atoms with van der Waals surface area (Å²) in [6.45, 7) is 2.15. The first kappa shape index (κ1) is 12.8. The van der Waals surface area contributed by atoms with Gasteiger partial charge in [0.2, 0.25) is 0 Å². The first-order valence-corrected chi connectivity index (χ1v) is 6.83. The number of aliphatic imine (C=N–C) groups is 1. The Balaban J connectivity index is 1.83. The van der Waals surface area contributed by atoms with Crippen molar-refractivity contribution in [3.8, 4) is 0 Å². The standard InChI is InChI=1S/C16H17N3O/c1-2-14(12-6-4-3-5-7-12)16-18-15(19-20-16)13-8-10-17-11-9-13/h3-11,14,16H,2H2,1H3,(H,18,19). The maximum Gasteiger partial charge on any atom is 0.184 e. The molecule has 1 aliphatic rings. The largest absolute Gasteiger partial charge is 0.265 e. The molecule has 0 spiro atoms. The third kappa shape index (κ3) is 2.56. The molecule has 2 heterocycles. The van der Waals surface area contributed by atoms with Crippen LogP contribution in [0, 0.1) is 0 Å². The van der Waals surface area contributed by atoms with Crippen LogP contribution in [0.15, 0.2) is 59.9 Å². The van der Waals surface area contributed by atoms with Crippen molar-refractivity contribution in [1.29, 1.82) is 0 Å². The molecular weight excluding hydrogens is 250 g/mol. The van der Waals surface area contributed by atoms with Gasteiger partial charge in [-0.05, 0) is 24.1 Å². The molecule has 2 aromatic rings. The maximum atomic E-state index is 5.65. The zero-order valence-corrected chi connectivity index (χ0v) is 11.4. The number of hydroxylamine groups is 1. The number of hydrogen-bond acceptors (Lipinski definition) is 4. The second-order valence-corrected chi connectivity index (χ2v) is 4.75. The van der Waals surface area contributed by atoms with Crippen LogP contribution in [0.4, 0.5) is 0 Å². The summed E-state index contributed by atoms with van der Waals surface area (Å²) in [6, 6.07) is 14.2. The van der Waals surface area contributed by atoms with Crippen LogP contribution >= 0.6 is 0 Å². The highest BCUT2D eigenvalue weighted by molar-refractivity contribution is 5.98. The van der Waals surface area contributed by atoms with Gasteiger partial charge in [-0.25, -0.2) is 15.3 Å². The van der Waals surface area contributed by atoms with Crippen LogP contribution in [0.3, 0.4) is 0 Å². The molecule has 4 heteroatoms. The third-order valence-electron chi connectivity index (χ3n) is 3.50. The Kier molecular flexibility index (Phi) is 3.74. The zero-order valence-electron chi connectivity index (χ0n) is 11.4. The summed E-state index contributed by atoms with van der Waals surface area (Å²) in [5, 5.41) is 0. The quantitative estimate of drug-likeness (QED) is 0.926. The molecule has 0 saturated carbocycles. The number of nitrogens with one attached hydrogen (secondary N) is 1. The third-order valence-corrected chi connectivity index (χ3v) is 3.50. The molecular formula is C16H17N3O. The van der Waals surface area contributed by atoms with Gasteiger partial charge in [-0.3, -0.25) is 4.98 Å². The van der Waals surface area contributed by atoms with Gasteiger partial charge >= 0.3 is 0 Å². The number of aromatic nitrogens is 1. The van der Waals surface area contributed by atoms with Gasteiger partial charge in [-0.1, -0.05) is 37.3 Å². The van der Waals surface area contributed by atoms with Crippen molar-refractivity contribution in [2.45, 2.75) is 25.5 Å². The molecule has 0 fully saturated rings. The van der Waals surface area contributed by atoms with E-state index in [1.807, 2.05) is 30.3 Å². The van der Waals surface area contributed by atoms with E-state index in [1.165, 1.54) is 5.56 Å². The minimum atomic E-state index is -0.189. The molecule has 0 amide bonds. The topological polar surface area (TPSA) is 46.5 Å². The van der Waals surface area contributed by atoms with E-state index in [4.69, 9.17) is 4.84 Å². The summed E-state index contributed by atoms with van der Waals surface area (Å²) >= 11 is 0. The van der Waals surface area contributed by atoms with E-state index in [-0.39, 0.29) is 12.1 Å². The van der Waals surface area contributed by atoms with Crippen LogP contribution in [-0.2, 0) is 4.84 Å². The van der Waals surface area contributed by atoms with Crippen LogP contribution < -0.4 is 5.48 Å². The number of pyridine rings is 1. The summed E-state index contributed by atoms with van der Waals surface area (Å²) in [5.41, 5.74) is 5.17. The van der Waals surface area contributed by atoms with Gasteiger partial charge in [0.15, 0.2) is 12.1 Å². The van der Waals surface area contributed by atoms with Crippen molar-refractivity contribution >= 4 is 5.84 Å². The fourth-order valence-corrected chi connectivity index (χ4v) is 2.41. The fourth-order valence-electron chi connectivity index (χ4n) is 2.41. The average molecular weight is 267 g/mol. The highest BCUT2D eigenvalue weighted by atomic mass is 16.7. The molecule has 0 bridgehead atoms. The Hall–Kier alpha value is -2.20. The lowest BCUT2D eigenvalue weighted by molar-refractivity contribution is 0.0202. The summed E-state index contributed by atoms with van der Waals surface area (Å²) < 4.78 is 0. The van der Waals surface area contributed by atoms with Gasteiger partial charge < -0.3 is 0 Å². The number of benzene rings is 1. The van der Waals surface area contributed by atoms with Gasteiger partial charge in [0, 0.05) is 23.9 Å². The van der Waals surface area contributed by atoms with Gasteiger partial charge in [0.05, 0.1) is 0 Å². The van der Waals surface area contributed by atoms with Crippen molar-refractivity contribution in [3.05, 3.63) is 66.0 Å². The molecule has 1 N–H and O–H groups in total.